The van der Waals surface area contributed by atoms with Crippen LogP contribution in [0.4, 0.5) is 0 Å². The zero-order valence-electron chi connectivity index (χ0n) is 13.3. The minimum atomic E-state index is -0.934. The molecule has 0 bridgehead atoms. The maximum Gasteiger partial charge on any atom is 0.120 e. The second-order valence-electron chi connectivity index (χ2n) is 6.35. The van der Waals surface area contributed by atoms with Gasteiger partial charge >= 0.3 is 0 Å². The summed E-state index contributed by atoms with van der Waals surface area (Å²) in [6.45, 7) is 8.78. The second kappa shape index (κ2) is 5.92. The summed E-state index contributed by atoms with van der Waals surface area (Å²) in [6, 6.07) is 8.99. The van der Waals surface area contributed by atoms with Crippen molar-refractivity contribution in [1.29, 1.82) is 0 Å². The van der Waals surface area contributed by atoms with Gasteiger partial charge in [0.1, 0.15) is 5.60 Å². The second-order valence-corrected chi connectivity index (χ2v) is 7.52. The first-order chi connectivity index (χ1) is 10.4. The van der Waals surface area contributed by atoms with Gasteiger partial charge in [-0.3, -0.25) is 4.90 Å². The Labute approximate surface area is 136 Å². The van der Waals surface area contributed by atoms with Crippen molar-refractivity contribution in [2.75, 3.05) is 6.54 Å². The normalized spacial score (nSPS) is 18.6. The summed E-state index contributed by atoms with van der Waals surface area (Å²) in [5.74, 6) is 5.93. The van der Waals surface area contributed by atoms with Gasteiger partial charge in [-0.25, -0.2) is 0 Å². The van der Waals surface area contributed by atoms with E-state index in [0.717, 1.165) is 24.5 Å². The van der Waals surface area contributed by atoms with Gasteiger partial charge < -0.3 is 9.67 Å². The number of rotatable bonds is 2. The predicted molar refractivity (Wildman–Crippen MR) is 90.8 cm³/mol. The third kappa shape index (κ3) is 3.44. The lowest BCUT2D eigenvalue weighted by molar-refractivity contribution is 0.143. The summed E-state index contributed by atoms with van der Waals surface area (Å²) >= 11 is 1.72. The average molecular weight is 314 g/mol. The summed E-state index contributed by atoms with van der Waals surface area (Å²) < 4.78 is 2.34. The molecule has 2 aromatic rings. The zero-order valence-corrected chi connectivity index (χ0v) is 14.2. The summed E-state index contributed by atoms with van der Waals surface area (Å²) in [5, 5.41) is 9.67. The predicted octanol–water partition coefficient (Wildman–Crippen LogP) is 3.25. The van der Waals surface area contributed by atoms with Crippen molar-refractivity contribution < 1.29 is 5.11 Å². The summed E-state index contributed by atoms with van der Waals surface area (Å²) in [4.78, 5) is 4.85. The molecule has 22 heavy (non-hydrogen) atoms. The Morgan fingerprint density at radius 2 is 2.14 bits per heavy atom. The Hall–Kier alpha value is -1.54. The molecular weight excluding hydrogens is 292 g/mol. The summed E-state index contributed by atoms with van der Waals surface area (Å²) in [7, 11) is 0. The molecule has 3 nitrogen and oxygen atoms in total. The minimum Gasteiger partial charge on any atom is -0.378 e. The number of thiophene rings is 1. The number of fused-ring (bicyclic) bond motifs is 1. The Morgan fingerprint density at radius 3 is 2.91 bits per heavy atom. The van der Waals surface area contributed by atoms with Crippen LogP contribution in [0.3, 0.4) is 0 Å². The first-order valence-electron chi connectivity index (χ1n) is 7.66. The van der Waals surface area contributed by atoms with E-state index < -0.39 is 5.60 Å². The molecule has 0 aromatic carbocycles. The van der Waals surface area contributed by atoms with Gasteiger partial charge in [0.15, 0.2) is 0 Å². The number of hydrogen-bond acceptors (Lipinski definition) is 3. The molecule has 0 radical (unpaired) electrons. The molecule has 4 heteroatoms. The average Bonchev–Trinajstić information content (AvgIpc) is 3.08. The van der Waals surface area contributed by atoms with Gasteiger partial charge in [-0.05, 0) is 45.0 Å². The van der Waals surface area contributed by atoms with Crippen molar-refractivity contribution >= 4 is 11.3 Å². The van der Waals surface area contributed by atoms with Gasteiger partial charge in [0.2, 0.25) is 0 Å². The summed E-state index contributed by atoms with van der Waals surface area (Å²) in [5.41, 5.74) is 0.460. The molecule has 116 valence electrons. The molecule has 1 atom stereocenters. The quantitative estimate of drug-likeness (QED) is 0.862. The van der Waals surface area contributed by atoms with Gasteiger partial charge in [-0.1, -0.05) is 11.8 Å². The summed E-state index contributed by atoms with van der Waals surface area (Å²) in [6.07, 6.45) is 2.17. The van der Waals surface area contributed by atoms with E-state index in [1.54, 1.807) is 25.2 Å². The largest absolute Gasteiger partial charge is 0.378 e. The van der Waals surface area contributed by atoms with Crippen molar-refractivity contribution in [2.24, 2.45) is 0 Å². The fourth-order valence-electron chi connectivity index (χ4n) is 2.79. The highest BCUT2D eigenvalue weighted by Crippen LogP contribution is 2.28. The lowest BCUT2D eigenvalue weighted by Gasteiger charge is -2.34. The third-order valence-electron chi connectivity index (χ3n) is 3.98. The molecule has 0 amide bonds. The first kappa shape index (κ1) is 15.4. The molecule has 0 saturated heterocycles. The van der Waals surface area contributed by atoms with Gasteiger partial charge in [-0.2, -0.15) is 0 Å². The molecule has 0 saturated carbocycles. The maximum absolute atomic E-state index is 9.67. The van der Waals surface area contributed by atoms with Gasteiger partial charge in [0, 0.05) is 42.4 Å². The Morgan fingerprint density at radius 1 is 1.32 bits per heavy atom. The maximum atomic E-state index is 9.67. The molecule has 2 aromatic heterocycles. The molecular formula is C18H22N2OS. The lowest BCUT2D eigenvalue weighted by Crippen LogP contribution is -2.35. The number of aromatic nitrogens is 1. The van der Waals surface area contributed by atoms with Crippen LogP contribution in [0.5, 0.6) is 0 Å². The van der Waals surface area contributed by atoms with Crippen molar-refractivity contribution in [3.8, 4) is 11.8 Å². The van der Waals surface area contributed by atoms with E-state index in [4.69, 9.17) is 0 Å². The van der Waals surface area contributed by atoms with Crippen molar-refractivity contribution in [3.05, 3.63) is 45.9 Å². The molecule has 3 heterocycles. The smallest absolute Gasteiger partial charge is 0.120 e. The third-order valence-corrected chi connectivity index (χ3v) is 4.97. The molecule has 1 aliphatic rings. The van der Waals surface area contributed by atoms with Crippen LogP contribution in [0.1, 0.15) is 42.3 Å². The fraction of sp³-hybridized carbons (Fsp3) is 0.444. The van der Waals surface area contributed by atoms with Gasteiger partial charge in [-0.15, -0.1) is 11.3 Å². The molecule has 3 rings (SSSR count). The molecule has 0 fully saturated rings. The monoisotopic (exact) mass is 314 g/mol. The Balaban J connectivity index is 1.70. The molecule has 0 spiro atoms. The molecule has 1 aliphatic heterocycles. The van der Waals surface area contributed by atoms with Crippen LogP contribution in [-0.4, -0.2) is 26.7 Å². The van der Waals surface area contributed by atoms with E-state index in [1.807, 2.05) is 0 Å². The Kier molecular flexibility index (Phi) is 4.14. The van der Waals surface area contributed by atoms with E-state index in [1.165, 1.54) is 10.6 Å². The van der Waals surface area contributed by atoms with Gasteiger partial charge in [0.05, 0.1) is 4.88 Å². The SMILES string of the molecule is CC1c2cccn2CCN1Cc1ccc(C#CC(C)(C)O)s1. The number of aliphatic hydroxyl groups is 1. The Bertz CT molecular complexity index is 711. The van der Waals surface area contributed by atoms with Crippen LogP contribution in [-0.2, 0) is 13.1 Å². The van der Waals surface area contributed by atoms with Crippen LogP contribution >= 0.6 is 11.3 Å². The van der Waals surface area contributed by atoms with Crippen molar-refractivity contribution in [2.45, 2.75) is 45.5 Å². The van der Waals surface area contributed by atoms with Crippen molar-refractivity contribution in [1.82, 2.24) is 9.47 Å². The minimum absolute atomic E-state index is 0.441. The number of nitrogens with zero attached hydrogens (tertiary/aromatic N) is 2. The lowest BCUT2D eigenvalue weighted by atomic mass is 10.1. The topological polar surface area (TPSA) is 28.4 Å². The molecule has 1 unspecified atom stereocenters. The van der Waals surface area contributed by atoms with Crippen molar-refractivity contribution in [3.63, 3.8) is 0 Å². The zero-order chi connectivity index (χ0) is 15.7. The molecule has 1 N–H and O–H groups in total. The van der Waals surface area contributed by atoms with Crippen LogP contribution in [0.15, 0.2) is 30.5 Å². The van der Waals surface area contributed by atoms with E-state index in [0.29, 0.717) is 6.04 Å². The van der Waals surface area contributed by atoms with E-state index in [9.17, 15) is 5.11 Å². The number of hydrogen-bond donors (Lipinski definition) is 1. The fourth-order valence-corrected chi connectivity index (χ4v) is 3.67. The van der Waals surface area contributed by atoms with E-state index in [2.05, 4.69) is 58.7 Å². The highest BCUT2D eigenvalue weighted by molar-refractivity contribution is 7.12. The van der Waals surface area contributed by atoms with Crippen LogP contribution in [0, 0.1) is 11.8 Å². The van der Waals surface area contributed by atoms with E-state index in [-0.39, 0.29) is 0 Å². The standard InChI is InChI=1S/C18H22N2OS/c1-14-17-5-4-10-19(17)11-12-20(14)13-16-7-6-15(22-16)8-9-18(2,3)21/h4-7,10,14,21H,11-13H2,1-3H3. The highest BCUT2D eigenvalue weighted by Gasteiger charge is 2.23. The van der Waals surface area contributed by atoms with Crippen LogP contribution < -0.4 is 0 Å². The first-order valence-corrected chi connectivity index (χ1v) is 8.47. The van der Waals surface area contributed by atoms with Crippen LogP contribution in [0.2, 0.25) is 0 Å². The van der Waals surface area contributed by atoms with E-state index >= 15 is 0 Å². The molecule has 0 aliphatic carbocycles. The van der Waals surface area contributed by atoms with Crippen LogP contribution in [0.25, 0.3) is 0 Å². The highest BCUT2D eigenvalue weighted by atomic mass is 32.1. The van der Waals surface area contributed by atoms with Gasteiger partial charge in [0.25, 0.3) is 0 Å².